The zero-order valence-corrected chi connectivity index (χ0v) is 74.7. The van der Waals surface area contributed by atoms with Crippen LogP contribution in [0.5, 0.6) is 0 Å². The maximum atomic E-state index is 12.9. The minimum Gasteiger partial charge on any atom is -1.00 e. The molecule has 0 unspecified atom stereocenters. The second kappa shape index (κ2) is 52.7. The summed E-state index contributed by atoms with van der Waals surface area (Å²) >= 11 is 0. The van der Waals surface area contributed by atoms with E-state index in [2.05, 4.69) is 186 Å². The minimum absolute atomic E-state index is 0. The van der Waals surface area contributed by atoms with Gasteiger partial charge in [0.1, 0.15) is 5.69 Å². The Balaban J connectivity index is 0.000000482. The number of aryl methyl sites for hydroxylation is 6. The maximum Gasteiger partial charge on any atom is 1.00 e. The number of hydrogen-bond donors (Lipinski definition) is 4. The number of nitrogens with zero attached hydrogens (tertiary/aromatic N) is 9. The largest absolute Gasteiger partial charge is 1.00 e. The number of halogens is 2. The number of aliphatic hydroxyl groups is 1. The molecule has 0 saturated carbocycles. The molecule has 4 aliphatic rings. The number of rotatable bonds is 14. The molecule has 0 radical (unpaired) electrons. The van der Waals surface area contributed by atoms with Crippen LogP contribution >= 0.6 is 10.7 Å². The Morgan fingerprint density at radius 3 is 1.04 bits per heavy atom. The average molecular weight is 1700 g/mol. The number of sulfonamides is 1. The Morgan fingerprint density at radius 2 is 0.707 bits per heavy atom. The molecule has 0 amide bonds. The van der Waals surface area contributed by atoms with Gasteiger partial charge in [-0.15, -0.1) is 0 Å². The second-order valence-corrected chi connectivity index (χ2v) is 30.6. The van der Waals surface area contributed by atoms with Crippen LogP contribution in [0.3, 0.4) is 0 Å². The number of nitrogens with two attached hydrogens (primary N) is 1. The Labute approximate surface area is 775 Å². The molecule has 0 spiro atoms. The number of para-hydroxylation sites is 7. The molecule has 612 valence electrons. The van der Waals surface area contributed by atoms with Crippen LogP contribution in [0.4, 0.5) is 67.0 Å². The molecule has 0 bridgehead atoms. The van der Waals surface area contributed by atoms with Crippen molar-refractivity contribution in [2.24, 2.45) is 0 Å². The van der Waals surface area contributed by atoms with Gasteiger partial charge < -0.3 is 62.0 Å². The first-order valence-electron chi connectivity index (χ1n) is 36.4. The summed E-state index contributed by atoms with van der Waals surface area (Å²) < 4.78 is 62.4. The van der Waals surface area contributed by atoms with Crippen molar-refractivity contribution in [3.63, 3.8) is 0 Å². The number of nitro benzene ring substituents is 2. The SMILES string of the molecule is C.C.CO.Cc1ccc(N2CCN(c3ccccc3N)CC2)cc1.Cc1ccc(N2CCN(c3ccccc3NS(=O)(=O)c3ccc(C)cc3)CC2)cc1.Cc1ccc(N2CCN(c3ccccc3[N+](=O)[O-])CC2)cc1.Cc1ccc(N2CCNCC2)cc1.Cc1ccc(S(=O)(=O)Cl)cc1.O=CO[O-].O=[N+]([O-])c1ccccc1F.[H-].[K+].[K+]. The number of hydrogen-bond acceptors (Lipinski definition) is 21. The van der Waals surface area contributed by atoms with E-state index in [1.807, 2.05) is 74.5 Å². The Morgan fingerprint density at radius 1 is 0.431 bits per heavy atom. The number of carbonyl (C=O) groups excluding carboxylic acids is 1. The number of aliphatic hydroxyl groups excluding tert-OH is 1. The van der Waals surface area contributed by atoms with Gasteiger partial charge in [0.25, 0.3) is 31.2 Å². The van der Waals surface area contributed by atoms with Gasteiger partial charge in [-0.05, 0) is 151 Å². The van der Waals surface area contributed by atoms with E-state index in [9.17, 15) is 41.5 Å². The molecule has 4 heterocycles. The number of nitrogens with one attached hydrogen (secondary N) is 2. The van der Waals surface area contributed by atoms with Gasteiger partial charge in [0.2, 0.25) is 5.82 Å². The number of benzene rings is 10. The molecule has 14 rings (SSSR count). The van der Waals surface area contributed by atoms with E-state index in [0.717, 1.165) is 158 Å². The van der Waals surface area contributed by atoms with Crippen LogP contribution in [0.25, 0.3) is 0 Å². The molecular formula is C86H108ClFK2N12O12S2. The van der Waals surface area contributed by atoms with E-state index in [1.165, 1.54) is 69.3 Å². The molecule has 116 heavy (non-hydrogen) atoms. The zero-order valence-electron chi connectivity index (χ0n) is 67.1. The molecular weight excluding hydrogens is 1590 g/mol. The summed E-state index contributed by atoms with van der Waals surface area (Å²) in [6, 6.07) is 75.6. The van der Waals surface area contributed by atoms with Gasteiger partial charge in [0.15, 0.2) is 0 Å². The van der Waals surface area contributed by atoms with E-state index in [-0.39, 0.29) is 146 Å². The standard InChI is InChI=1S/C24H27N3O2S.C17H19N3O2.C17H21N3.C11H16N2.C7H7ClO2S.C6H4FNO2.CH2O3.CH4O.2CH4.2K.H/c1-19-7-11-21(12-8-19)26-15-17-27(18-16-26)24-6-4-3-5-23(24)25-30(28,29)22-13-9-20(2)10-14-22;1-14-6-8-15(9-7-14)18-10-12-19(13-11-18)16-4-2-3-5-17(16)20(21)22;1-14-6-8-15(9-7-14)19-10-12-20(13-11-19)17-5-3-2-4-16(17)18;1-10-2-4-11(5-3-10)13-8-6-12-7-9-13;1-6-2-4-7(5-3-6)11(8,9)10;7-5-3-1-2-4-6(5)8(9)10;2-1-4-3;1-2;;;;;/h3-14,25H,15-18H2,1-2H3;2-9H,10-13H2,1H3;2-9H,10-13,18H2,1H3;2-5,12H,6-9H2,1H3;2-5H,1H3;1-4H;1,3H;2H,1H3;2*1H4;;;/q;;;;;;;;;;2*+1;-1/p-1. The van der Waals surface area contributed by atoms with Crippen LogP contribution < -0.4 is 158 Å². The molecule has 0 aliphatic carbocycles. The van der Waals surface area contributed by atoms with E-state index in [1.54, 1.807) is 36.4 Å². The summed E-state index contributed by atoms with van der Waals surface area (Å²) in [5.41, 5.74) is 22.3. The summed E-state index contributed by atoms with van der Waals surface area (Å²) in [6.45, 7) is 27.4. The van der Waals surface area contributed by atoms with E-state index in [0.29, 0.717) is 5.69 Å². The fourth-order valence-electron chi connectivity index (χ4n) is 12.3. The molecule has 30 heteroatoms. The average Bonchev–Trinajstić information content (AvgIpc) is 0.803. The first kappa shape index (κ1) is 102. The van der Waals surface area contributed by atoms with Crippen molar-refractivity contribution in [3.05, 3.63) is 302 Å². The van der Waals surface area contributed by atoms with Crippen molar-refractivity contribution in [2.75, 3.05) is 157 Å². The van der Waals surface area contributed by atoms with E-state index in [4.69, 9.17) is 31.6 Å². The van der Waals surface area contributed by atoms with Crippen LogP contribution in [0.1, 0.15) is 49.7 Å². The first-order valence-corrected chi connectivity index (χ1v) is 40.2. The topological polar surface area (TPSA) is 297 Å². The molecule has 4 saturated heterocycles. The van der Waals surface area contributed by atoms with Crippen molar-refractivity contribution >= 4 is 98.8 Å². The summed E-state index contributed by atoms with van der Waals surface area (Å²) in [5.74, 6) is -0.799. The Kier molecular flexibility index (Phi) is 46.4. The molecule has 10 aromatic rings. The van der Waals surface area contributed by atoms with Crippen LogP contribution in [0.15, 0.2) is 252 Å². The Hall–Kier alpha value is -8.06. The zero-order chi connectivity index (χ0) is 81.2. The fraction of sp³-hybridized carbons (Fsp3) is 0.291. The monoisotopic (exact) mass is 1700 g/mol. The summed E-state index contributed by atoms with van der Waals surface area (Å²) in [7, 11) is -1.10. The minimum atomic E-state index is -3.64. The number of nitro groups is 2. The van der Waals surface area contributed by atoms with Gasteiger partial charge in [-0.3, -0.25) is 29.7 Å². The molecule has 5 N–H and O–H groups in total. The molecule has 0 atom stereocenters. The third kappa shape index (κ3) is 33.0. The smallest absolute Gasteiger partial charge is 1.00 e. The second-order valence-electron chi connectivity index (χ2n) is 26.4. The van der Waals surface area contributed by atoms with Gasteiger partial charge in [0, 0.05) is 157 Å². The molecule has 24 nitrogen and oxygen atoms in total. The van der Waals surface area contributed by atoms with Gasteiger partial charge in [-0.1, -0.05) is 170 Å². The predicted molar refractivity (Wildman–Crippen MR) is 463 cm³/mol. The molecule has 4 fully saturated rings. The number of piperazine rings is 4. The quantitative estimate of drug-likeness (QED) is 0.0150. The predicted octanol–water partition coefficient (Wildman–Crippen LogP) is 9.06. The summed E-state index contributed by atoms with van der Waals surface area (Å²) in [4.78, 5) is 48.0. The van der Waals surface area contributed by atoms with Crippen molar-refractivity contribution < 1.29 is 155 Å². The number of nitrogen functional groups attached to an aromatic ring is 1. The van der Waals surface area contributed by atoms with Gasteiger partial charge in [-0.2, -0.15) is 4.39 Å². The van der Waals surface area contributed by atoms with E-state index >= 15 is 0 Å². The molecule has 10 aromatic carbocycles. The number of carbonyl (C=O) groups is 1. The van der Waals surface area contributed by atoms with Crippen LogP contribution in [0.2, 0.25) is 0 Å². The third-order valence-corrected chi connectivity index (χ3v) is 21.2. The van der Waals surface area contributed by atoms with Gasteiger partial charge in [0.05, 0.1) is 42.4 Å². The van der Waals surface area contributed by atoms with Crippen LogP contribution in [-0.4, -0.2) is 150 Å². The maximum absolute atomic E-state index is 12.9. The Bertz CT molecular complexity index is 4790. The fourth-order valence-corrected chi connectivity index (χ4v) is 14.1. The normalized spacial score (nSPS) is 13.4. The first-order chi connectivity index (χ1) is 53.8. The van der Waals surface area contributed by atoms with Crippen LogP contribution in [-0.2, 0) is 28.8 Å². The van der Waals surface area contributed by atoms with Crippen molar-refractivity contribution in [3.8, 4) is 0 Å². The molecule has 4 aliphatic heterocycles. The molecule has 0 aromatic heterocycles. The van der Waals surface area contributed by atoms with Crippen LogP contribution in [0, 0.1) is 67.6 Å². The van der Waals surface area contributed by atoms with Crippen molar-refractivity contribution in [1.29, 1.82) is 0 Å². The summed E-state index contributed by atoms with van der Waals surface area (Å²) in [5, 5.41) is 39.9. The van der Waals surface area contributed by atoms with Gasteiger partial charge in [-0.25, -0.2) is 16.8 Å². The van der Waals surface area contributed by atoms with Crippen molar-refractivity contribution in [1.82, 2.24) is 5.32 Å². The van der Waals surface area contributed by atoms with E-state index < -0.39 is 35.5 Å². The summed E-state index contributed by atoms with van der Waals surface area (Å²) in [6.07, 6.45) is 0. The number of anilines is 9. The third-order valence-electron chi connectivity index (χ3n) is 18.5. The van der Waals surface area contributed by atoms with Crippen molar-refractivity contribution in [2.45, 2.75) is 66.2 Å². The van der Waals surface area contributed by atoms with Gasteiger partial charge >= 0.3 is 108 Å².